The molecular formula is C15H24N2O. The minimum Gasteiger partial charge on any atom is -0.387 e. The van der Waals surface area contributed by atoms with Gasteiger partial charge in [0.25, 0.3) is 0 Å². The predicted octanol–water partition coefficient (Wildman–Crippen LogP) is 3.30. The predicted molar refractivity (Wildman–Crippen MR) is 74.8 cm³/mol. The van der Waals surface area contributed by atoms with Crippen molar-refractivity contribution in [3.05, 3.63) is 24.0 Å². The van der Waals surface area contributed by atoms with Crippen molar-refractivity contribution in [1.82, 2.24) is 4.98 Å². The highest BCUT2D eigenvalue weighted by Crippen LogP contribution is 2.21. The van der Waals surface area contributed by atoms with Crippen molar-refractivity contribution in [2.45, 2.75) is 51.6 Å². The third-order valence-corrected chi connectivity index (χ3v) is 3.72. The normalized spacial score (nSPS) is 19.1. The van der Waals surface area contributed by atoms with E-state index in [4.69, 9.17) is 0 Å². The van der Waals surface area contributed by atoms with E-state index in [-0.39, 0.29) is 0 Å². The van der Waals surface area contributed by atoms with Gasteiger partial charge < -0.3 is 10.0 Å². The van der Waals surface area contributed by atoms with Crippen LogP contribution >= 0.6 is 0 Å². The zero-order valence-electron chi connectivity index (χ0n) is 11.3. The highest BCUT2D eigenvalue weighted by Gasteiger charge is 2.11. The molecule has 100 valence electrons. The molecule has 1 aliphatic heterocycles. The van der Waals surface area contributed by atoms with Crippen LogP contribution in [0.1, 0.15) is 57.2 Å². The summed E-state index contributed by atoms with van der Waals surface area (Å²) in [4.78, 5) is 6.81. The first-order valence-corrected chi connectivity index (χ1v) is 7.20. The molecule has 0 bridgehead atoms. The summed E-state index contributed by atoms with van der Waals surface area (Å²) in [6.07, 6.45) is 8.83. The van der Waals surface area contributed by atoms with E-state index in [0.29, 0.717) is 0 Å². The molecule has 0 aromatic carbocycles. The second kappa shape index (κ2) is 6.74. The van der Waals surface area contributed by atoms with E-state index in [0.717, 1.165) is 25.2 Å². The van der Waals surface area contributed by atoms with Crippen LogP contribution in [0.4, 0.5) is 5.69 Å². The Morgan fingerprint density at radius 2 is 1.83 bits per heavy atom. The van der Waals surface area contributed by atoms with Crippen molar-refractivity contribution in [3.63, 3.8) is 0 Å². The van der Waals surface area contributed by atoms with Gasteiger partial charge in [0, 0.05) is 13.1 Å². The number of aliphatic hydroxyl groups is 1. The molecular weight excluding hydrogens is 224 g/mol. The number of pyridine rings is 1. The van der Waals surface area contributed by atoms with Gasteiger partial charge in [0.15, 0.2) is 0 Å². The summed E-state index contributed by atoms with van der Waals surface area (Å²) in [6, 6.07) is 4.06. The smallest absolute Gasteiger partial charge is 0.0957 e. The molecule has 0 amide bonds. The molecule has 0 saturated carbocycles. The highest BCUT2D eigenvalue weighted by molar-refractivity contribution is 5.44. The van der Waals surface area contributed by atoms with Gasteiger partial charge in [-0.25, -0.2) is 0 Å². The molecule has 2 rings (SSSR count). The Morgan fingerprint density at radius 3 is 2.39 bits per heavy atom. The SMILES string of the molecule is CC[C@@H](O)c1ccc(N2CCCCCCC2)cn1. The van der Waals surface area contributed by atoms with E-state index in [1.807, 2.05) is 19.2 Å². The van der Waals surface area contributed by atoms with Gasteiger partial charge >= 0.3 is 0 Å². The molecule has 3 heteroatoms. The summed E-state index contributed by atoms with van der Waals surface area (Å²) in [5.41, 5.74) is 1.98. The number of aliphatic hydroxyl groups excluding tert-OH is 1. The average molecular weight is 248 g/mol. The molecule has 3 nitrogen and oxygen atoms in total. The van der Waals surface area contributed by atoms with Crippen LogP contribution in [0.25, 0.3) is 0 Å². The van der Waals surface area contributed by atoms with Crippen LogP contribution in [0.3, 0.4) is 0 Å². The Morgan fingerprint density at radius 1 is 1.17 bits per heavy atom. The summed E-state index contributed by atoms with van der Waals surface area (Å²) >= 11 is 0. The summed E-state index contributed by atoms with van der Waals surface area (Å²) in [5, 5.41) is 9.74. The summed E-state index contributed by atoms with van der Waals surface area (Å²) in [5.74, 6) is 0. The van der Waals surface area contributed by atoms with Crippen molar-refractivity contribution in [3.8, 4) is 0 Å². The Balaban J connectivity index is 2.02. The molecule has 1 aromatic rings. The fraction of sp³-hybridized carbons (Fsp3) is 0.667. The lowest BCUT2D eigenvalue weighted by Gasteiger charge is -2.26. The number of anilines is 1. The van der Waals surface area contributed by atoms with Crippen LogP contribution in [0.5, 0.6) is 0 Å². The van der Waals surface area contributed by atoms with Crippen molar-refractivity contribution < 1.29 is 5.11 Å². The van der Waals surface area contributed by atoms with Gasteiger partial charge in [-0.15, -0.1) is 0 Å². The standard InChI is InChI=1S/C15H24N2O/c1-2-15(18)14-9-8-13(12-16-14)17-10-6-4-3-5-7-11-17/h8-9,12,15,18H,2-7,10-11H2,1H3/t15-/m1/s1. The van der Waals surface area contributed by atoms with Gasteiger partial charge in [-0.1, -0.05) is 26.2 Å². The molecule has 0 spiro atoms. The van der Waals surface area contributed by atoms with Crippen LogP contribution in [-0.4, -0.2) is 23.2 Å². The van der Waals surface area contributed by atoms with Crippen molar-refractivity contribution >= 4 is 5.69 Å². The van der Waals surface area contributed by atoms with Gasteiger partial charge in [0.05, 0.1) is 23.7 Å². The quantitative estimate of drug-likeness (QED) is 0.891. The molecule has 0 unspecified atom stereocenters. The van der Waals surface area contributed by atoms with E-state index < -0.39 is 6.10 Å². The lowest BCUT2D eigenvalue weighted by Crippen LogP contribution is -2.27. The van der Waals surface area contributed by atoms with Gasteiger partial charge in [-0.2, -0.15) is 0 Å². The highest BCUT2D eigenvalue weighted by atomic mass is 16.3. The molecule has 1 N–H and O–H groups in total. The fourth-order valence-electron chi connectivity index (χ4n) is 2.50. The van der Waals surface area contributed by atoms with Crippen LogP contribution in [0, 0.1) is 0 Å². The topological polar surface area (TPSA) is 36.4 Å². The second-order valence-corrected chi connectivity index (χ2v) is 5.12. The number of aromatic nitrogens is 1. The van der Waals surface area contributed by atoms with E-state index in [9.17, 15) is 5.11 Å². The maximum atomic E-state index is 9.74. The van der Waals surface area contributed by atoms with Gasteiger partial charge in [0.1, 0.15) is 0 Å². The molecule has 18 heavy (non-hydrogen) atoms. The molecule has 2 heterocycles. The molecule has 1 atom stereocenters. The maximum absolute atomic E-state index is 9.74. The molecule has 1 saturated heterocycles. The van der Waals surface area contributed by atoms with E-state index >= 15 is 0 Å². The van der Waals surface area contributed by atoms with Crippen molar-refractivity contribution in [2.24, 2.45) is 0 Å². The van der Waals surface area contributed by atoms with Crippen molar-refractivity contribution in [2.75, 3.05) is 18.0 Å². The first-order valence-electron chi connectivity index (χ1n) is 7.20. The summed E-state index contributed by atoms with van der Waals surface area (Å²) < 4.78 is 0. The number of hydrogen-bond donors (Lipinski definition) is 1. The minimum atomic E-state index is -0.425. The van der Waals surface area contributed by atoms with Crippen LogP contribution in [0.15, 0.2) is 18.3 Å². The fourth-order valence-corrected chi connectivity index (χ4v) is 2.50. The molecule has 0 radical (unpaired) electrons. The Bertz CT molecular complexity index is 342. The van der Waals surface area contributed by atoms with Gasteiger partial charge in [-0.3, -0.25) is 4.98 Å². The summed E-state index contributed by atoms with van der Waals surface area (Å²) in [6.45, 7) is 4.24. The molecule has 1 fully saturated rings. The third-order valence-electron chi connectivity index (χ3n) is 3.72. The zero-order valence-corrected chi connectivity index (χ0v) is 11.3. The summed E-state index contributed by atoms with van der Waals surface area (Å²) in [7, 11) is 0. The lowest BCUT2D eigenvalue weighted by atomic mass is 10.1. The van der Waals surface area contributed by atoms with E-state index in [1.54, 1.807) is 0 Å². The largest absolute Gasteiger partial charge is 0.387 e. The van der Waals surface area contributed by atoms with Crippen LogP contribution < -0.4 is 4.90 Å². The number of nitrogens with zero attached hydrogens (tertiary/aromatic N) is 2. The monoisotopic (exact) mass is 248 g/mol. The molecule has 1 aliphatic rings. The first-order chi connectivity index (χ1) is 8.81. The number of rotatable bonds is 3. The zero-order chi connectivity index (χ0) is 12.8. The Labute approximate surface area is 110 Å². The molecule has 0 aliphatic carbocycles. The van der Waals surface area contributed by atoms with Crippen LogP contribution in [-0.2, 0) is 0 Å². The average Bonchev–Trinajstić information content (AvgIpc) is 2.38. The third kappa shape index (κ3) is 3.45. The lowest BCUT2D eigenvalue weighted by molar-refractivity contribution is 0.169. The van der Waals surface area contributed by atoms with E-state index in [2.05, 4.69) is 16.0 Å². The Kier molecular flexibility index (Phi) is 5.00. The molecule has 1 aromatic heterocycles. The Hall–Kier alpha value is -1.09. The number of hydrogen-bond acceptors (Lipinski definition) is 3. The second-order valence-electron chi connectivity index (χ2n) is 5.12. The van der Waals surface area contributed by atoms with Gasteiger partial charge in [-0.05, 0) is 31.4 Å². The first kappa shape index (κ1) is 13.3. The maximum Gasteiger partial charge on any atom is 0.0957 e. The van der Waals surface area contributed by atoms with Crippen molar-refractivity contribution in [1.29, 1.82) is 0 Å². The minimum absolute atomic E-state index is 0.425. The van der Waals surface area contributed by atoms with E-state index in [1.165, 1.54) is 37.8 Å². The van der Waals surface area contributed by atoms with Gasteiger partial charge in [0.2, 0.25) is 0 Å². The van der Waals surface area contributed by atoms with Crippen LogP contribution in [0.2, 0.25) is 0 Å².